The Labute approximate surface area is 654 Å². The number of hydrogen-bond acceptors (Lipinski definition) is 19. The molecule has 3 aromatic carbocycles. The van der Waals surface area contributed by atoms with E-state index in [2.05, 4.69) is 78.4 Å². The summed E-state index contributed by atoms with van der Waals surface area (Å²) in [5, 5.41) is 76.5. The standard InChI is InChI=1S/C77H109N19O17/c1-9-44(8)64(95-71(107)57(32-46-19-23-50(97)24-20-46)91-73(109)63(43(6)7)94-66(102)53(17-13-27-83-77(79)80)86-65(101)52(78)36-62(99)100)74(110)92-59(35-49-38-82-40-85-49)75(111)96-28-14-18-61(96)72(108)90-56(31-45-15-11-10-12-16-45)69(105)89-58(34-48-37-81-39-84-48)70(106)88-54(29-41(2)3)67(103)87-55(30-42(4)5)68(104)93-60(76(112)113)33-47-21-25-51(98)26-22-47/h10-12,15-16,19-26,37-44,52-61,63-64,97-98H,9,13-14,17-18,27-36,78H2,1-8H3,(H,81,84)(H,82,85)(H,86,101)(H,87,103)(H,88,106)(H,89,105)(H,90,108)(H,91,109)(H,92,110)(H,93,104)(H,94,102)(H,95,107)(H,99,100)(H,112,113)(H4,79,80,83)/t44-,52-,53-,54-,55-,56-,57-,58-,59-,60-,61-,63-,64-/m0/s1. The Morgan fingerprint density at radius 3 is 1.43 bits per heavy atom. The van der Waals surface area contributed by atoms with Crippen LogP contribution in [0.1, 0.15) is 135 Å². The van der Waals surface area contributed by atoms with Crippen molar-refractivity contribution in [3.05, 3.63) is 132 Å². The lowest BCUT2D eigenvalue weighted by Gasteiger charge is -2.32. The van der Waals surface area contributed by atoms with Crippen LogP contribution in [-0.2, 0) is 94.4 Å². The number of aromatic amines is 2. The van der Waals surface area contributed by atoms with Crippen LogP contribution in [0.2, 0.25) is 0 Å². The number of guanidine groups is 1. The maximum atomic E-state index is 15.3. The Bertz CT molecular complexity index is 4020. The van der Waals surface area contributed by atoms with Gasteiger partial charge in [0.05, 0.1) is 36.5 Å². The van der Waals surface area contributed by atoms with Crippen LogP contribution in [0, 0.1) is 29.1 Å². The van der Waals surface area contributed by atoms with Crippen LogP contribution in [0.25, 0.3) is 0 Å². The predicted molar refractivity (Wildman–Crippen MR) is 413 cm³/mol. The van der Waals surface area contributed by atoms with Crippen LogP contribution < -0.4 is 70.0 Å². The van der Waals surface area contributed by atoms with Crippen molar-refractivity contribution in [1.82, 2.24) is 83.3 Å². The highest BCUT2D eigenvalue weighted by Gasteiger charge is 2.43. The Morgan fingerprint density at radius 2 is 0.947 bits per heavy atom. The molecule has 1 saturated heterocycles. The molecule has 6 rings (SSSR count). The number of rotatable bonds is 45. The topological polar surface area (TPSA) is 572 Å². The molecule has 5 aromatic rings. The highest BCUT2D eigenvalue weighted by atomic mass is 16.4. The van der Waals surface area contributed by atoms with Crippen molar-refractivity contribution in [2.75, 3.05) is 13.1 Å². The summed E-state index contributed by atoms with van der Waals surface area (Å²) in [6.45, 7) is 13.9. The number of likely N-dealkylation sites (tertiary alicyclic amines) is 1. The van der Waals surface area contributed by atoms with Gasteiger partial charge in [0.1, 0.15) is 78.0 Å². The van der Waals surface area contributed by atoms with Gasteiger partial charge in [0.25, 0.3) is 0 Å². The first-order valence-electron chi connectivity index (χ1n) is 37.8. The molecule has 614 valence electrons. The van der Waals surface area contributed by atoms with Crippen molar-refractivity contribution in [3.8, 4) is 11.5 Å². The number of H-pyrrole nitrogens is 2. The number of benzene rings is 3. The quantitative estimate of drug-likeness (QED) is 0.0137. The van der Waals surface area contributed by atoms with Crippen LogP contribution in [-0.4, -0.2) is 214 Å². The zero-order valence-electron chi connectivity index (χ0n) is 64.8. The van der Waals surface area contributed by atoms with Gasteiger partial charge in [-0.25, -0.2) is 14.8 Å². The average molecular weight is 1570 g/mol. The van der Waals surface area contributed by atoms with Crippen molar-refractivity contribution < 1.29 is 82.8 Å². The van der Waals surface area contributed by atoms with E-state index in [9.17, 15) is 63.6 Å². The van der Waals surface area contributed by atoms with Gasteiger partial charge >= 0.3 is 11.9 Å². The van der Waals surface area contributed by atoms with Crippen molar-refractivity contribution in [2.24, 2.45) is 35.1 Å². The van der Waals surface area contributed by atoms with Crippen molar-refractivity contribution >= 4 is 82.9 Å². The fraction of sp³-hybridized carbons (Fsp3) is 0.506. The van der Waals surface area contributed by atoms with E-state index >= 15 is 19.2 Å². The number of carbonyl (C=O) groups is 13. The number of carboxylic acids is 2. The van der Waals surface area contributed by atoms with E-state index in [1.165, 1.54) is 78.5 Å². The number of aliphatic carboxylic acids is 2. The van der Waals surface area contributed by atoms with Gasteiger partial charge in [-0.2, -0.15) is 0 Å². The van der Waals surface area contributed by atoms with Crippen molar-refractivity contribution in [2.45, 2.75) is 211 Å². The predicted octanol–water partition coefficient (Wildman–Crippen LogP) is -0.160. The summed E-state index contributed by atoms with van der Waals surface area (Å²) in [4.78, 5) is 200. The molecule has 0 radical (unpaired) electrons. The van der Waals surface area contributed by atoms with Gasteiger partial charge in [0.15, 0.2) is 5.96 Å². The second-order valence-electron chi connectivity index (χ2n) is 29.5. The highest BCUT2D eigenvalue weighted by molar-refractivity contribution is 6.00. The summed E-state index contributed by atoms with van der Waals surface area (Å²) in [7, 11) is 0. The summed E-state index contributed by atoms with van der Waals surface area (Å²) in [5.41, 5.74) is 13.4. The van der Waals surface area contributed by atoms with Gasteiger partial charge in [-0.1, -0.05) is 116 Å². The van der Waals surface area contributed by atoms with Gasteiger partial charge in [-0.15, -0.1) is 0 Å². The number of phenolic OH excluding ortho intramolecular Hbond substituents is 2. The Morgan fingerprint density at radius 1 is 0.522 bits per heavy atom. The number of aromatic hydroxyl groups is 2. The van der Waals surface area contributed by atoms with Crippen molar-refractivity contribution in [3.63, 3.8) is 0 Å². The Balaban J connectivity index is 1.24. The molecular weight excluding hydrogens is 1460 g/mol. The molecule has 36 heteroatoms. The number of hydrogen-bond donors (Lipinski definition) is 20. The summed E-state index contributed by atoms with van der Waals surface area (Å²) in [6, 6.07) is 3.21. The second-order valence-corrected chi connectivity index (χ2v) is 29.5. The Kier molecular flexibility index (Phi) is 35.1. The summed E-state index contributed by atoms with van der Waals surface area (Å²) < 4.78 is 0. The number of carboxylic acid groups (broad SMARTS) is 2. The highest BCUT2D eigenvalue weighted by Crippen LogP contribution is 2.23. The first-order chi connectivity index (χ1) is 53.6. The third-order valence-electron chi connectivity index (χ3n) is 19.0. The maximum Gasteiger partial charge on any atom is 0.326 e. The average Bonchev–Trinajstić information content (AvgIpc) is 1.74. The van der Waals surface area contributed by atoms with Gasteiger partial charge in [0, 0.05) is 57.6 Å². The van der Waals surface area contributed by atoms with E-state index in [0.717, 1.165) is 0 Å². The number of imidazole rings is 2. The third kappa shape index (κ3) is 29.3. The lowest BCUT2D eigenvalue weighted by atomic mass is 9.96. The molecular formula is C77H109N19O17. The lowest BCUT2D eigenvalue weighted by molar-refractivity contribution is -0.143. The number of phenols is 2. The largest absolute Gasteiger partial charge is 0.508 e. The van der Waals surface area contributed by atoms with Gasteiger partial charge < -0.3 is 105 Å². The van der Waals surface area contributed by atoms with Crippen LogP contribution in [0.5, 0.6) is 11.5 Å². The number of carbonyl (C=O) groups excluding carboxylic acids is 11. The van der Waals surface area contributed by atoms with Gasteiger partial charge in [-0.3, -0.25) is 62.9 Å². The number of nitrogens with two attached hydrogens (primary N) is 2. The normalized spacial score (nSPS) is 15.8. The van der Waals surface area contributed by atoms with Crippen LogP contribution in [0.4, 0.5) is 0 Å². The van der Waals surface area contributed by atoms with E-state index in [0.29, 0.717) is 28.1 Å². The zero-order chi connectivity index (χ0) is 83.2. The number of aromatic nitrogens is 4. The van der Waals surface area contributed by atoms with Crippen LogP contribution >= 0.6 is 0 Å². The lowest BCUT2D eigenvalue weighted by Crippen LogP contribution is -2.62. The van der Waals surface area contributed by atoms with Gasteiger partial charge in [-0.05, 0) is 103 Å². The van der Waals surface area contributed by atoms with Crippen LogP contribution in [0.15, 0.2) is 104 Å². The zero-order valence-corrected chi connectivity index (χ0v) is 64.8. The minimum Gasteiger partial charge on any atom is -0.508 e. The second kappa shape index (κ2) is 44.2. The summed E-state index contributed by atoms with van der Waals surface area (Å²) in [6.07, 6.45) is 4.75. The molecule has 2 aromatic heterocycles. The molecule has 0 spiro atoms. The molecule has 11 amide bonds. The molecule has 113 heavy (non-hydrogen) atoms. The number of amides is 11. The van der Waals surface area contributed by atoms with Crippen molar-refractivity contribution in [1.29, 1.82) is 5.41 Å². The molecule has 0 saturated carbocycles. The van der Waals surface area contributed by atoms with E-state index in [1.807, 2.05) is 0 Å². The van der Waals surface area contributed by atoms with Gasteiger partial charge in [0.2, 0.25) is 65.0 Å². The SMILES string of the molecule is CC[C@H](C)[C@H](NC(=O)[C@H](Cc1ccc(O)cc1)NC(=O)[C@@H](NC(=O)[C@H](CCCNC(=N)N)NC(=O)[C@@H](N)CC(=O)O)C(C)C)C(=O)N[C@@H](Cc1c[nH]cn1)C(=O)N1CCC[C@H]1C(=O)N[C@@H](Cc1ccccc1)C(=O)N[C@@H](Cc1c[nH]cn1)C(=O)N[C@@H](CC(C)C)C(=O)N[C@@H](CC(C)C)C(=O)N[C@@H](Cc1ccc(O)cc1)C(=O)O. The molecule has 36 nitrogen and oxygen atoms in total. The number of nitrogens with one attached hydrogen (secondary N) is 14. The molecule has 1 fully saturated rings. The van der Waals surface area contributed by atoms with Crippen LogP contribution in [0.3, 0.4) is 0 Å². The smallest absolute Gasteiger partial charge is 0.326 e. The monoisotopic (exact) mass is 1570 g/mol. The number of nitrogens with zero attached hydrogens (tertiary/aromatic N) is 3. The molecule has 22 N–H and O–H groups in total. The summed E-state index contributed by atoms with van der Waals surface area (Å²) in [5.74, 6) is -14.3. The summed E-state index contributed by atoms with van der Waals surface area (Å²) >= 11 is 0. The van der Waals surface area contributed by atoms with E-state index in [4.69, 9.17) is 16.9 Å². The molecule has 0 bridgehead atoms. The molecule has 1 aliphatic rings. The third-order valence-corrected chi connectivity index (χ3v) is 19.0. The maximum absolute atomic E-state index is 15.3. The molecule has 13 atom stereocenters. The van der Waals surface area contributed by atoms with E-state index < -0.39 is 168 Å². The molecule has 1 aliphatic heterocycles. The molecule has 3 heterocycles. The fourth-order valence-corrected chi connectivity index (χ4v) is 12.7. The minimum atomic E-state index is -1.55. The molecule has 0 unspecified atom stereocenters. The first-order valence-corrected chi connectivity index (χ1v) is 37.8. The van der Waals surface area contributed by atoms with E-state index in [1.54, 1.807) is 85.7 Å². The fourth-order valence-electron chi connectivity index (χ4n) is 12.7. The Hall–Kier alpha value is -12.0. The first kappa shape index (κ1) is 89.9. The van der Waals surface area contributed by atoms with E-state index in [-0.39, 0.29) is 119 Å². The minimum absolute atomic E-state index is 0.0000418. The molecule has 0 aliphatic carbocycles.